The van der Waals surface area contributed by atoms with Crippen molar-refractivity contribution in [2.45, 2.75) is 31.3 Å². The van der Waals surface area contributed by atoms with Gasteiger partial charge in [-0.1, -0.05) is 36.4 Å². The summed E-state index contributed by atoms with van der Waals surface area (Å²) in [5.74, 6) is 1.75. The van der Waals surface area contributed by atoms with E-state index in [0.29, 0.717) is 13.2 Å². The zero-order chi connectivity index (χ0) is 19.5. The summed E-state index contributed by atoms with van der Waals surface area (Å²) in [5.41, 5.74) is 2.23. The van der Waals surface area contributed by atoms with Crippen LogP contribution < -0.4 is 9.47 Å². The molecule has 5 nitrogen and oxygen atoms in total. The minimum absolute atomic E-state index is 0.118. The molecule has 0 bridgehead atoms. The smallest absolute Gasteiger partial charge is 0.244 e. The van der Waals surface area contributed by atoms with E-state index in [1.165, 1.54) is 5.56 Å². The standard InChI is InChI=1S/C23H28N2O3/c1-24(2)23(26)22(17-8-4-3-5-9-17)25-13-6-10-19(25)18-11-12-20-21(16-18)28-15-7-14-27-20/h3-5,8-9,11-12,16,19,22H,6-7,10,13-15H2,1-2H3/t19-,22+/m0/s1. The van der Waals surface area contributed by atoms with Gasteiger partial charge in [0, 0.05) is 26.6 Å². The second kappa shape index (κ2) is 8.23. The van der Waals surface area contributed by atoms with E-state index in [-0.39, 0.29) is 18.0 Å². The molecule has 2 atom stereocenters. The molecule has 0 spiro atoms. The van der Waals surface area contributed by atoms with Crippen molar-refractivity contribution < 1.29 is 14.3 Å². The van der Waals surface area contributed by atoms with Gasteiger partial charge in [-0.25, -0.2) is 0 Å². The van der Waals surface area contributed by atoms with E-state index in [9.17, 15) is 4.79 Å². The van der Waals surface area contributed by atoms with Gasteiger partial charge in [-0.2, -0.15) is 0 Å². The fourth-order valence-corrected chi connectivity index (χ4v) is 4.20. The van der Waals surface area contributed by atoms with Gasteiger partial charge in [0.25, 0.3) is 0 Å². The van der Waals surface area contributed by atoms with Crippen LogP contribution in [0.3, 0.4) is 0 Å². The summed E-state index contributed by atoms with van der Waals surface area (Å²) in [6.07, 6.45) is 3.00. The molecule has 4 rings (SSSR count). The number of fused-ring (bicyclic) bond motifs is 1. The van der Waals surface area contributed by atoms with Crippen LogP contribution in [0.5, 0.6) is 11.5 Å². The molecule has 0 aliphatic carbocycles. The maximum Gasteiger partial charge on any atom is 0.244 e. The minimum Gasteiger partial charge on any atom is -0.490 e. The van der Waals surface area contributed by atoms with Crippen LogP contribution in [0.25, 0.3) is 0 Å². The average molecular weight is 380 g/mol. The van der Waals surface area contributed by atoms with Gasteiger partial charge in [0.15, 0.2) is 11.5 Å². The Labute approximate surface area is 166 Å². The van der Waals surface area contributed by atoms with Crippen molar-refractivity contribution in [2.75, 3.05) is 33.9 Å². The molecule has 0 unspecified atom stereocenters. The zero-order valence-corrected chi connectivity index (χ0v) is 16.6. The Bertz CT molecular complexity index is 822. The van der Waals surface area contributed by atoms with Crippen LogP contribution in [-0.2, 0) is 4.79 Å². The predicted molar refractivity (Wildman–Crippen MR) is 109 cm³/mol. The second-order valence-corrected chi connectivity index (χ2v) is 7.70. The highest BCUT2D eigenvalue weighted by molar-refractivity contribution is 5.83. The number of hydrogen-bond acceptors (Lipinski definition) is 4. The lowest BCUT2D eigenvalue weighted by atomic mass is 9.99. The molecule has 1 amide bonds. The molecule has 2 aliphatic heterocycles. The summed E-state index contributed by atoms with van der Waals surface area (Å²) < 4.78 is 11.7. The third kappa shape index (κ3) is 3.72. The molecule has 2 aromatic carbocycles. The Hall–Kier alpha value is -2.53. The molecule has 148 valence electrons. The number of likely N-dealkylation sites (N-methyl/N-ethyl adjacent to an activating group) is 1. The highest BCUT2D eigenvalue weighted by Crippen LogP contribution is 2.42. The van der Waals surface area contributed by atoms with E-state index in [0.717, 1.165) is 42.9 Å². The third-order valence-corrected chi connectivity index (χ3v) is 5.57. The van der Waals surface area contributed by atoms with E-state index in [4.69, 9.17) is 9.47 Å². The van der Waals surface area contributed by atoms with Gasteiger partial charge in [0.05, 0.1) is 13.2 Å². The number of ether oxygens (including phenoxy) is 2. The maximum absolute atomic E-state index is 13.1. The van der Waals surface area contributed by atoms with Gasteiger partial charge < -0.3 is 14.4 Å². The summed E-state index contributed by atoms with van der Waals surface area (Å²) >= 11 is 0. The Morgan fingerprint density at radius 3 is 2.54 bits per heavy atom. The molecular formula is C23H28N2O3. The molecule has 0 radical (unpaired) electrons. The van der Waals surface area contributed by atoms with Crippen molar-refractivity contribution in [2.24, 2.45) is 0 Å². The zero-order valence-electron chi connectivity index (χ0n) is 16.6. The normalized spacial score (nSPS) is 20.4. The monoisotopic (exact) mass is 380 g/mol. The first-order chi connectivity index (χ1) is 13.6. The first-order valence-corrected chi connectivity index (χ1v) is 10.1. The largest absolute Gasteiger partial charge is 0.490 e. The molecule has 0 aromatic heterocycles. The first-order valence-electron chi connectivity index (χ1n) is 10.1. The van der Waals surface area contributed by atoms with Gasteiger partial charge in [-0.3, -0.25) is 9.69 Å². The van der Waals surface area contributed by atoms with Crippen LogP contribution in [0.15, 0.2) is 48.5 Å². The van der Waals surface area contributed by atoms with Gasteiger partial charge in [0.2, 0.25) is 5.91 Å². The van der Waals surface area contributed by atoms with Crippen LogP contribution in [0.4, 0.5) is 0 Å². The molecule has 0 saturated carbocycles. The summed E-state index contributed by atoms with van der Waals surface area (Å²) in [5, 5.41) is 0. The molecular weight excluding hydrogens is 352 g/mol. The number of nitrogens with zero attached hydrogens (tertiary/aromatic N) is 2. The van der Waals surface area contributed by atoms with Crippen molar-refractivity contribution in [1.29, 1.82) is 0 Å². The molecule has 2 heterocycles. The predicted octanol–water partition coefficient (Wildman–Crippen LogP) is 3.81. The molecule has 2 aromatic rings. The van der Waals surface area contributed by atoms with E-state index >= 15 is 0 Å². The Morgan fingerprint density at radius 2 is 1.79 bits per heavy atom. The number of benzene rings is 2. The number of likely N-dealkylation sites (tertiary alicyclic amines) is 1. The molecule has 1 fully saturated rings. The Morgan fingerprint density at radius 1 is 1.04 bits per heavy atom. The summed E-state index contributed by atoms with van der Waals surface area (Å²) in [6, 6.07) is 16.2. The van der Waals surface area contributed by atoms with Gasteiger partial charge in [0.1, 0.15) is 6.04 Å². The van der Waals surface area contributed by atoms with Crippen molar-refractivity contribution in [3.63, 3.8) is 0 Å². The number of carbonyl (C=O) groups excluding carboxylic acids is 1. The summed E-state index contributed by atoms with van der Waals surface area (Å²) in [6.45, 7) is 2.27. The molecule has 28 heavy (non-hydrogen) atoms. The number of hydrogen-bond donors (Lipinski definition) is 0. The Kier molecular flexibility index (Phi) is 5.53. The summed E-state index contributed by atoms with van der Waals surface area (Å²) in [4.78, 5) is 17.2. The van der Waals surface area contributed by atoms with Crippen molar-refractivity contribution in [3.8, 4) is 11.5 Å². The van der Waals surface area contributed by atoms with Crippen LogP contribution >= 0.6 is 0 Å². The van der Waals surface area contributed by atoms with Gasteiger partial charge >= 0.3 is 0 Å². The van der Waals surface area contributed by atoms with Crippen LogP contribution in [0, 0.1) is 0 Å². The lowest BCUT2D eigenvalue weighted by Crippen LogP contribution is -2.39. The quantitative estimate of drug-likeness (QED) is 0.809. The second-order valence-electron chi connectivity index (χ2n) is 7.70. The SMILES string of the molecule is CN(C)C(=O)[C@@H](c1ccccc1)N1CCC[C@H]1c1ccc2c(c1)OCCCO2. The van der Waals surface area contributed by atoms with Gasteiger partial charge in [-0.15, -0.1) is 0 Å². The highest BCUT2D eigenvalue weighted by atomic mass is 16.5. The molecule has 0 N–H and O–H groups in total. The number of rotatable bonds is 4. The molecule has 2 aliphatic rings. The van der Waals surface area contributed by atoms with E-state index in [2.05, 4.69) is 29.2 Å². The fraction of sp³-hybridized carbons (Fsp3) is 0.435. The lowest BCUT2D eigenvalue weighted by Gasteiger charge is -2.34. The number of amides is 1. The highest BCUT2D eigenvalue weighted by Gasteiger charge is 2.37. The maximum atomic E-state index is 13.1. The van der Waals surface area contributed by atoms with E-state index in [1.54, 1.807) is 4.90 Å². The van der Waals surface area contributed by atoms with Crippen LogP contribution in [0.1, 0.15) is 42.5 Å². The van der Waals surface area contributed by atoms with Crippen LogP contribution in [0.2, 0.25) is 0 Å². The minimum atomic E-state index is -0.278. The topological polar surface area (TPSA) is 42.0 Å². The first kappa shape index (κ1) is 18.8. The molecule has 5 heteroatoms. The summed E-state index contributed by atoms with van der Waals surface area (Å²) in [7, 11) is 3.66. The fourth-order valence-electron chi connectivity index (χ4n) is 4.20. The Balaban J connectivity index is 1.68. The average Bonchev–Trinajstić information content (AvgIpc) is 3.06. The van der Waals surface area contributed by atoms with Crippen molar-refractivity contribution in [1.82, 2.24) is 9.80 Å². The lowest BCUT2D eigenvalue weighted by molar-refractivity contribution is -0.135. The number of carbonyl (C=O) groups is 1. The third-order valence-electron chi connectivity index (χ3n) is 5.57. The van der Waals surface area contributed by atoms with Crippen LogP contribution in [-0.4, -0.2) is 49.6 Å². The van der Waals surface area contributed by atoms with Gasteiger partial charge in [-0.05, 0) is 42.6 Å². The van der Waals surface area contributed by atoms with Crippen molar-refractivity contribution >= 4 is 5.91 Å². The van der Waals surface area contributed by atoms with E-state index < -0.39 is 0 Å². The van der Waals surface area contributed by atoms with Crippen molar-refractivity contribution in [3.05, 3.63) is 59.7 Å². The van der Waals surface area contributed by atoms with E-state index in [1.807, 2.05) is 38.4 Å². The molecule has 1 saturated heterocycles.